The fourth-order valence-corrected chi connectivity index (χ4v) is 4.79. The van der Waals surface area contributed by atoms with Gasteiger partial charge in [-0.25, -0.2) is 4.98 Å². The maximum Gasteiger partial charge on any atom is 0.251 e. The SMILES string of the molecule is CCOc1ccc(C(=O)NCCn2cc(SCC(=O)Nc3nccs3)c3ccccc32)cc1. The molecule has 0 aliphatic rings. The number of carbonyl (C=O) groups excluding carboxylic acids is 2. The maximum absolute atomic E-state index is 12.5. The average molecular weight is 481 g/mol. The minimum atomic E-state index is -0.122. The molecule has 0 bridgehead atoms. The van der Waals surface area contributed by atoms with Gasteiger partial charge in [-0.05, 0) is 37.3 Å². The van der Waals surface area contributed by atoms with E-state index in [0.717, 1.165) is 21.5 Å². The van der Waals surface area contributed by atoms with Gasteiger partial charge in [-0.1, -0.05) is 18.2 Å². The molecule has 2 aromatic carbocycles. The van der Waals surface area contributed by atoms with Crippen LogP contribution in [0.2, 0.25) is 0 Å². The zero-order chi connectivity index (χ0) is 23.0. The highest BCUT2D eigenvalue weighted by molar-refractivity contribution is 8.00. The molecule has 4 aromatic rings. The van der Waals surface area contributed by atoms with Crippen molar-refractivity contribution in [2.45, 2.75) is 18.4 Å². The van der Waals surface area contributed by atoms with Crippen LogP contribution in [0.25, 0.3) is 10.9 Å². The van der Waals surface area contributed by atoms with E-state index in [1.807, 2.05) is 42.8 Å². The molecular formula is C24H24N4O3S2. The average Bonchev–Trinajstić information content (AvgIpc) is 3.46. The summed E-state index contributed by atoms with van der Waals surface area (Å²) >= 11 is 2.88. The van der Waals surface area contributed by atoms with E-state index in [0.29, 0.717) is 36.1 Å². The number of amides is 2. The highest BCUT2D eigenvalue weighted by Gasteiger charge is 2.12. The van der Waals surface area contributed by atoms with E-state index >= 15 is 0 Å². The molecule has 2 N–H and O–H groups in total. The summed E-state index contributed by atoms with van der Waals surface area (Å²) in [6.45, 7) is 3.62. The second-order valence-corrected chi connectivity index (χ2v) is 9.00. The van der Waals surface area contributed by atoms with Crippen LogP contribution in [0.3, 0.4) is 0 Å². The minimum absolute atomic E-state index is 0.0885. The Morgan fingerprint density at radius 3 is 2.73 bits per heavy atom. The molecule has 0 radical (unpaired) electrons. The van der Waals surface area contributed by atoms with Gasteiger partial charge in [-0.15, -0.1) is 23.1 Å². The lowest BCUT2D eigenvalue weighted by atomic mass is 10.2. The number of hydrogen-bond donors (Lipinski definition) is 2. The molecule has 0 aliphatic carbocycles. The number of hydrogen-bond acceptors (Lipinski definition) is 6. The summed E-state index contributed by atoms with van der Waals surface area (Å²) < 4.78 is 7.52. The monoisotopic (exact) mass is 480 g/mol. The molecule has 0 atom stereocenters. The van der Waals surface area contributed by atoms with Gasteiger partial charge in [0.25, 0.3) is 5.91 Å². The lowest BCUT2D eigenvalue weighted by molar-refractivity contribution is -0.113. The highest BCUT2D eigenvalue weighted by atomic mass is 32.2. The molecule has 0 saturated carbocycles. The number of carbonyl (C=O) groups is 2. The van der Waals surface area contributed by atoms with Crippen molar-refractivity contribution < 1.29 is 14.3 Å². The van der Waals surface area contributed by atoms with Crippen molar-refractivity contribution in [3.05, 3.63) is 71.9 Å². The topological polar surface area (TPSA) is 85.2 Å². The van der Waals surface area contributed by atoms with Crippen molar-refractivity contribution in [3.63, 3.8) is 0 Å². The van der Waals surface area contributed by atoms with E-state index in [1.165, 1.54) is 23.1 Å². The minimum Gasteiger partial charge on any atom is -0.494 e. The normalized spacial score (nSPS) is 10.8. The van der Waals surface area contributed by atoms with Crippen molar-refractivity contribution in [3.8, 4) is 5.75 Å². The predicted octanol–water partition coefficient (Wildman–Crippen LogP) is 4.66. The first kappa shape index (κ1) is 22.9. The number of thioether (sulfide) groups is 1. The standard InChI is InChI=1S/C24H24N4O3S2/c1-2-31-18-9-7-17(8-10-18)23(30)25-11-13-28-15-21(19-5-3-4-6-20(19)28)33-16-22(29)27-24-26-12-14-32-24/h3-10,12,14-15H,2,11,13,16H2,1H3,(H,25,30)(H,26,27,29). The molecule has 0 unspecified atom stereocenters. The maximum atomic E-state index is 12.5. The molecule has 2 heterocycles. The van der Waals surface area contributed by atoms with E-state index in [-0.39, 0.29) is 11.8 Å². The van der Waals surface area contributed by atoms with Gasteiger partial charge in [0.05, 0.1) is 12.4 Å². The Labute approximate surface area is 200 Å². The number of rotatable bonds is 10. The van der Waals surface area contributed by atoms with Gasteiger partial charge >= 0.3 is 0 Å². The molecule has 33 heavy (non-hydrogen) atoms. The van der Waals surface area contributed by atoms with Crippen LogP contribution in [-0.2, 0) is 11.3 Å². The lowest BCUT2D eigenvalue weighted by Gasteiger charge is -2.08. The van der Waals surface area contributed by atoms with E-state index in [9.17, 15) is 9.59 Å². The van der Waals surface area contributed by atoms with Crippen molar-refractivity contribution in [1.82, 2.24) is 14.9 Å². The van der Waals surface area contributed by atoms with Crippen LogP contribution in [-0.4, -0.2) is 40.3 Å². The van der Waals surface area contributed by atoms with Crippen molar-refractivity contribution in [2.24, 2.45) is 0 Å². The van der Waals surface area contributed by atoms with E-state index in [4.69, 9.17) is 4.74 Å². The molecule has 0 aliphatic heterocycles. The third-order valence-electron chi connectivity index (χ3n) is 4.86. The number of aromatic nitrogens is 2. The van der Waals surface area contributed by atoms with Gasteiger partial charge in [0, 0.05) is 52.2 Å². The molecule has 0 fully saturated rings. The van der Waals surface area contributed by atoms with Gasteiger partial charge in [-0.3, -0.25) is 9.59 Å². The fraction of sp³-hybridized carbons (Fsp3) is 0.208. The number of ether oxygens (including phenoxy) is 1. The second-order valence-electron chi connectivity index (χ2n) is 7.09. The summed E-state index contributed by atoms with van der Waals surface area (Å²) in [5.41, 5.74) is 1.66. The quantitative estimate of drug-likeness (QED) is 0.323. The molecule has 0 saturated heterocycles. The third kappa shape index (κ3) is 5.94. The summed E-state index contributed by atoms with van der Waals surface area (Å²) in [6, 6.07) is 15.2. The van der Waals surface area contributed by atoms with Gasteiger partial charge in [0.2, 0.25) is 5.91 Å². The largest absolute Gasteiger partial charge is 0.494 e. The first-order chi connectivity index (χ1) is 16.1. The lowest BCUT2D eigenvalue weighted by Crippen LogP contribution is -2.27. The third-order valence-corrected chi connectivity index (χ3v) is 6.59. The van der Waals surface area contributed by atoms with Crippen LogP contribution in [0.1, 0.15) is 17.3 Å². The number of nitrogens with one attached hydrogen (secondary N) is 2. The Bertz CT molecular complexity index is 1220. The summed E-state index contributed by atoms with van der Waals surface area (Å²) in [6.07, 6.45) is 3.70. The summed E-state index contributed by atoms with van der Waals surface area (Å²) in [5, 5.41) is 9.29. The summed E-state index contributed by atoms with van der Waals surface area (Å²) in [4.78, 5) is 29.8. The molecule has 170 valence electrons. The summed E-state index contributed by atoms with van der Waals surface area (Å²) in [7, 11) is 0. The summed E-state index contributed by atoms with van der Waals surface area (Å²) in [5.74, 6) is 0.831. The van der Waals surface area contributed by atoms with E-state index in [1.54, 1.807) is 30.5 Å². The molecular weight excluding hydrogens is 456 g/mol. The van der Waals surface area contributed by atoms with Crippen LogP contribution in [0.15, 0.2) is 71.2 Å². The second kappa shape index (κ2) is 11.0. The first-order valence-corrected chi connectivity index (χ1v) is 12.4. The first-order valence-electron chi connectivity index (χ1n) is 10.5. The Hall–Kier alpha value is -3.30. The Balaban J connectivity index is 1.35. The van der Waals surface area contributed by atoms with Crippen LogP contribution in [0.5, 0.6) is 5.75 Å². The number of fused-ring (bicyclic) bond motifs is 1. The Morgan fingerprint density at radius 2 is 1.97 bits per heavy atom. The van der Waals surface area contributed by atoms with Crippen molar-refractivity contribution in [2.75, 3.05) is 24.2 Å². The van der Waals surface area contributed by atoms with Crippen LogP contribution in [0.4, 0.5) is 5.13 Å². The highest BCUT2D eigenvalue weighted by Crippen LogP contribution is 2.30. The van der Waals surface area contributed by atoms with E-state index in [2.05, 4.69) is 20.2 Å². The van der Waals surface area contributed by atoms with Crippen molar-refractivity contribution in [1.29, 1.82) is 0 Å². The Morgan fingerprint density at radius 1 is 1.15 bits per heavy atom. The Kier molecular flexibility index (Phi) is 7.64. The number of nitrogens with zero attached hydrogens (tertiary/aromatic N) is 2. The molecule has 4 rings (SSSR count). The zero-order valence-corrected chi connectivity index (χ0v) is 19.7. The molecule has 0 spiro atoms. The van der Waals surface area contributed by atoms with Gasteiger partial charge in [-0.2, -0.15) is 0 Å². The molecule has 2 aromatic heterocycles. The smallest absolute Gasteiger partial charge is 0.251 e. The zero-order valence-electron chi connectivity index (χ0n) is 18.1. The van der Waals surface area contributed by atoms with Crippen LogP contribution < -0.4 is 15.4 Å². The number of benzene rings is 2. The predicted molar refractivity (Wildman–Crippen MR) is 133 cm³/mol. The van der Waals surface area contributed by atoms with Crippen LogP contribution in [0, 0.1) is 0 Å². The van der Waals surface area contributed by atoms with Gasteiger partial charge in [0.1, 0.15) is 5.75 Å². The number of anilines is 1. The number of thiazole rings is 1. The van der Waals surface area contributed by atoms with Gasteiger partial charge < -0.3 is 19.9 Å². The number of para-hydroxylation sites is 1. The molecule has 9 heteroatoms. The van der Waals surface area contributed by atoms with E-state index < -0.39 is 0 Å². The fourth-order valence-electron chi connectivity index (χ4n) is 3.36. The van der Waals surface area contributed by atoms with Crippen LogP contribution >= 0.6 is 23.1 Å². The van der Waals surface area contributed by atoms with Crippen molar-refractivity contribution >= 4 is 50.9 Å². The molecule has 2 amide bonds. The van der Waals surface area contributed by atoms with Gasteiger partial charge in [0.15, 0.2) is 5.13 Å². The molecule has 7 nitrogen and oxygen atoms in total.